The Bertz CT molecular complexity index is 560. The van der Waals surface area contributed by atoms with Crippen LogP contribution in [0, 0.1) is 6.92 Å². The standard InChI is InChI=1S/C11H10N4/c1-8-7-10-12-11(14-15(10)13-8)9-5-3-2-4-6-9/h2-7,13H,1H3. The van der Waals surface area contributed by atoms with Crippen LogP contribution in [-0.4, -0.2) is 19.8 Å². The van der Waals surface area contributed by atoms with Gasteiger partial charge in [0.05, 0.1) is 0 Å². The summed E-state index contributed by atoms with van der Waals surface area (Å²) in [5.74, 6) is 0.752. The number of nitrogens with one attached hydrogen (secondary N) is 1. The second-order valence-electron chi connectivity index (χ2n) is 3.51. The van der Waals surface area contributed by atoms with Gasteiger partial charge in [-0.25, -0.2) is 4.98 Å². The van der Waals surface area contributed by atoms with E-state index in [4.69, 9.17) is 0 Å². The molecule has 2 heterocycles. The molecule has 0 amide bonds. The zero-order valence-corrected chi connectivity index (χ0v) is 8.31. The van der Waals surface area contributed by atoms with Gasteiger partial charge in [0.15, 0.2) is 11.5 Å². The number of aromatic amines is 1. The van der Waals surface area contributed by atoms with Gasteiger partial charge in [0.2, 0.25) is 0 Å². The van der Waals surface area contributed by atoms with Crippen LogP contribution in [0.4, 0.5) is 0 Å². The monoisotopic (exact) mass is 198 g/mol. The average Bonchev–Trinajstić information content (AvgIpc) is 2.76. The summed E-state index contributed by atoms with van der Waals surface area (Å²) in [5.41, 5.74) is 2.95. The van der Waals surface area contributed by atoms with Crippen molar-refractivity contribution in [2.75, 3.05) is 0 Å². The Morgan fingerprint density at radius 2 is 2.00 bits per heavy atom. The van der Waals surface area contributed by atoms with Crippen molar-refractivity contribution in [3.05, 3.63) is 42.1 Å². The van der Waals surface area contributed by atoms with Gasteiger partial charge in [-0.1, -0.05) is 30.3 Å². The first-order chi connectivity index (χ1) is 7.33. The van der Waals surface area contributed by atoms with E-state index in [1.54, 1.807) is 4.63 Å². The highest BCUT2D eigenvalue weighted by Crippen LogP contribution is 2.15. The van der Waals surface area contributed by atoms with Gasteiger partial charge in [-0.2, -0.15) is 4.63 Å². The molecule has 0 bridgehead atoms. The van der Waals surface area contributed by atoms with Crippen LogP contribution in [0.25, 0.3) is 17.0 Å². The summed E-state index contributed by atoms with van der Waals surface area (Å²) in [6.07, 6.45) is 0. The molecule has 74 valence electrons. The van der Waals surface area contributed by atoms with Crippen LogP contribution in [0.3, 0.4) is 0 Å². The summed E-state index contributed by atoms with van der Waals surface area (Å²) in [6.45, 7) is 1.98. The molecule has 1 aromatic carbocycles. The summed E-state index contributed by atoms with van der Waals surface area (Å²) < 4.78 is 1.69. The molecule has 0 saturated carbocycles. The molecule has 2 aromatic heterocycles. The number of hydrogen-bond acceptors (Lipinski definition) is 2. The Morgan fingerprint density at radius 1 is 1.20 bits per heavy atom. The van der Waals surface area contributed by atoms with Crippen LogP contribution in [0.2, 0.25) is 0 Å². The molecule has 0 aliphatic carbocycles. The number of rotatable bonds is 1. The Balaban J connectivity index is 2.16. The molecule has 0 fully saturated rings. The molecule has 0 aliphatic rings. The maximum Gasteiger partial charge on any atom is 0.183 e. The second kappa shape index (κ2) is 2.95. The number of benzene rings is 1. The van der Waals surface area contributed by atoms with E-state index in [0.717, 1.165) is 22.7 Å². The maximum atomic E-state index is 4.42. The van der Waals surface area contributed by atoms with E-state index in [2.05, 4.69) is 15.2 Å². The summed E-state index contributed by atoms with van der Waals surface area (Å²) >= 11 is 0. The first kappa shape index (κ1) is 8.23. The molecular formula is C11H10N4. The first-order valence-electron chi connectivity index (χ1n) is 4.81. The van der Waals surface area contributed by atoms with E-state index in [9.17, 15) is 0 Å². The molecule has 0 spiro atoms. The van der Waals surface area contributed by atoms with Crippen molar-refractivity contribution in [2.45, 2.75) is 6.92 Å². The van der Waals surface area contributed by atoms with Gasteiger partial charge in [0.1, 0.15) is 0 Å². The zero-order chi connectivity index (χ0) is 10.3. The second-order valence-corrected chi connectivity index (χ2v) is 3.51. The molecule has 0 unspecified atom stereocenters. The fourth-order valence-electron chi connectivity index (χ4n) is 1.60. The molecule has 4 heteroatoms. The van der Waals surface area contributed by atoms with Crippen LogP contribution >= 0.6 is 0 Å². The minimum atomic E-state index is 0.752. The van der Waals surface area contributed by atoms with Gasteiger partial charge in [0, 0.05) is 17.3 Å². The summed E-state index contributed by atoms with van der Waals surface area (Å²) in [7, 11) is 0. The van der Waals surface area contributed by atoms with E-state index < -0.39 is 0 Å². The average molecular weight is 198 g/mol. The summed E-state index contributed by atoms with van der Waals surface area (Å²) in [6, 6.07) is 11.9. The quantitative estimate of drug-likeness (QED) is 0.650. The molecule has 0 aliphatic heterocycles. The van der Waals surface area contributed by atoms with Crippen molar-refractivity contribution in [2.24, 2.45) is 0 Å². The van der Waals surface area contributed by atoms with Gasteiger partial charge >= 0.3 is 0 Å². The summed E-state index contributed by atoms with van der Waals surface area (Å²) in [5, 5.41) is 7.45. The lowest BCUT2D eigenvalue weighted by Gasteiger charge is -1.91. The Hall–Kier alpha value is -2.10. The van der Waals surface area contributed by atoms with Crippen LogP contribution in [-0.2, 0) is 0 Å². The predicted molar refractivity (Wildman–Crippen MR) is 57.5 cm³/mol. The predicted octanol–water partition coefficient (Wildman–Crippen LogP) is 2.03. The maximum absolute atomic E-state index is 4.42. The zero-order valence-electron chi connectivity index (χ0n) is 8.31. The Labute approximate surface area is 86.6 Å². The highest BCUT2D eigenvalue weighted by atomic mass is 15.5. The van der Waals surface area contributed by atoms with Crippen molar-refractivity contribution in [1.29, 1.82) is 0 Å². The molecule has 3 rings (SSSR count). The van der Waals surface area contributed by atoms with Gasteiger partial charge < -0.3 is 0 Å². The molecule has 15 heavy (non-hydrogen) atoms. The lowest BCUT2D eigenvalue weighted by atomic mass is 10.2. The van der Waals surface area contributed by atoms with Crippen LogP contribution in [0.1, 0.15) is 5.69 Å². The molecular weight excluding hydrogens is 188 g/mol. The third-order valence-corrected chi connectivity index (χ3v) is 2.29. The van der Waals surface area contributed by atoms with Crippen molar-refractivity contribution >= 4 is 5.65 Å². The number of aryl methyl sites for hydroxylation is 1. The van der Waals surface area contributed by atoms with E-state index in [-0.39, 0.29) is 0 Å². The third kappa shape index (κ3) is 1.30. The number of fused-ring (bicyclic) bond motifs is 1. The summed E-state index contributed by atoms with van der Waals surface area (Å²) in [4.78, 5) is 4.42. The normalized spacial score (nSPS) is 11.0. The first-order valence-corrected chi connectivity index (χ1v) is 4.81. The number of nitrogens with zero attached hydrogens (tertiary/aromatic N) is 3. The molecule has 0 atom stereocenters. The van der Waals surface area contributed by atoms with Gasteiger partial charge in [-0.05, 0) is 6.92 Å². The number of H-pyrrole nitrogens is 1. The van der Waals surface area contributed by atoms with Gasteiger partial charge in [-0.3, -0.25) is 5.10 Å². The molecule has 0 radical (unpaired) electrons. The Kier molecular flexibility index (Phi) is 1.62. The van der Waals surface area contributed by atoms with Crippen molar-refractivity contribution in [1.82, 2.24) is 19.8 Å². The molecule has 4 nitrogen and oxygen atoms in total. The fraction of sp³-hybridized carbons (Fsp3) is 0.0909. The van der Waals surface area contributed by atoms with Crippen LogP contribution < -0.4 is 0 Å². The van der Waals surface area contributed by atoms with Crippen LogP contribution in [0.15, 0.2) is 36.4 Å². The highest BCUT2D eigenvalue weighted by Gasteiger charge is 2.06. The molecule has 0 saturated heterocycles. The van der Waals surface area contributed by atoms with E-state index in [0.29, 0.717) is 0 Å². The topological polar surface area (TPSA) is 46.0 Å². The third-order valence-electron chi connectivity index (χ3n) is 2.29. The SMILES string of the molecule is Cc1cc2nc(-c3ccccc3)nn2[nH]1. The van der Waals surface area contributed by atoms with E-state index >= 15 is 0 Å². The smallest absolute Gasteiger partial charge is 0.183 e. The minimum Gasteiger partial charge on any atom is -0.281 e. The highest BCUT2D eigenvalue weighted by molar-refractivity contribution is 5.57. The van der Waals surface area contributed by atoms with Crippen molar-refractivity contribution in [3.8, 4) is 11.4 Å². The number of aromatic nitrogens is 4. The van der Waals surface area contributed by atoms with Gasteiger partial charge in [0.25, 0.3) is 0 Å². The largest absolute Gasteiger partial charge is 0.281 e. The fourth-order valence-corrected chi connectivity index (χ4v) is 1.60. The lowest BCUT2D eigenvalue weighted by Crippen LogP contribution is -1.87. The van der Waals surface area contributed by atoms with E-state index in [1.165, 1.54) is 0 Å². The van der Waals surface area contributed by atoms with Crippen LogP contribution in [0.5, 0.6) is 0 Å². The molecule has 3 aromatic rings. The minimum absolute atomic E-state index is 0.752. The van der Waals surface area contributed by atoms with Crippen molar-refractivity contribution in [3.63, 3.8) is 0 Å². The van der Waals surface area contributed by atoms with E-state index in [1.807, 2.05) is 43.3 Å². The molecule has 1 N–H and O–H groups in total. The Morgan fingerprint density at radius 3 is 2.73 bits per heavy atom. The lowest BCUT2D eigenvalue weighted by molar-refractivity contribution is 0.810. The van der Waals surface area contributed by atoms with Gasteiger partial charge in [-0.15, -0.1) is 5.10 Å². The number of hydrogen-bond donors (Lipinski definition) is 1. The van der Waals surface area contributed by atoms with Crippen molar-refractivity contribution < 1.29 is 0 Å².